The first kappa shape index (κ1) is 17.2. The van der Waals surface area contributed by atoms with Crippen LogP contribution in [-0.2, 0) is 17.8 Å². The van der Waals surface area contributed by atoms with E-state index in [0.717, 1.165) is 0 Å². The van der Waals surface area contributed by atoms with Gasteiger partial charge < -0.3 is 15.2 Å². The predicted octanol–water partition coefficient (Wildman–Crippen LogP) is 2.31. The monoisotopic (exact) mass is 334 g/mol. The van der Waals surface area contributed by atoms with Crippen molar-refractivity contribution in [2.24, 2.45) is 0 Å². The summed E-state index contributed by atoms with van der Waals surface area (Å²) >= 11 is 0. The van der Waals surface area contributed by atoms with Crippen molar-refractivity contribution in [2.45, 2.75) is 13.0 Å². The lowest BCUT2D eigenvalue weighted by atomic mass is 10.1. The summed E-state index contributed by atoms with van der Waals surface area (Å²) in [5, 5.41) is 22.9. The number of non-ortho nitro benzene ring substituents is 1. The van der Waals surface area contributed by atoms with Crippen LogP contribution in [0.2, 0.25) is 0 Å². The molecule has 24 heavy (non-hydrogen) atoms. The van der Waals surface area contributed by atoms with E-state index < -0.39 is 16.6 Å². The molecule has 0 saturated carbocycles. The van der Waals surface area contributed by atoms with Crippen molar-refractivity contribution in [3.63, 3.8) is 0 Å². The van der Waals surface area contributed by atoms with Gasteiger partial charge in [0.15, 0.2) is 11.6 Å². The lowest BCUT2D eigenvalue weighted by Gasteiger charge is -2.08. The minimum Gasteiger partial charge on any atom is -0.508 e. The predicted molar refractivity (Wildman–Crippen MR) is 83.3 cm³/mol. The van der Waals surface area contributed by atoms with Gasteiger partial charge in [0.2, 0.25) is 5.91 Å². The van der Waals surface area contributed by atoms with E-state index in [1.54, 1.807) is 6.07 Å². The maximum absolute atomic E-state index is 13.6. The summed E-state index contributed by atoms with van der Waals surface area (Å²) in [6.45, 7) is -0.0784. The van der Waals surface area contributed by atoms with Gasteiger partial charge in [-0.1, -0.05) is 6.07 Å². The van der Waals surface area contributed by atoms with E-state index in [2.05, 4.69) is 5.32 Å². The molecule has 2 aromatic rings. The summed E-state index contributed by atoms with van der Waals surface area (Å²) in [4.78, 5) is 22.0. The van der Waals surface area contributed by atoms with Gasteiger partial charge in [-0.25, -0.2) is 4.39 Å². The molecule has 0 aliphatic carbocycles. The second kappa shape index (κ2) is 7.40. The van der Waals surface area contributed by atoms with Crippen LogP contribution in [0.1, 0.15) is 11.1 Å². The Morgan fingerprint density at radius 2 is 2.08 bits per heavy atom. The number of nitrogens with zero attached hydrogens (tertiary/aromatic N) is 1. The molecule has 0 spiro atoms. The number of nitro groups is 1. The molecule has 2 N–H and O–H groups in total. The van der Waals surface area contributed by atoms with Crippen LogP contribution in [0.4, 0.5) is 10.1 Å². The molecule has 1 amide bonds. The second-order valence-electron chi connectivity index (χ2n) is 4.99. The topological polar surface area (TPSA) is 102 Å². The van der Waals surface area contributed by atoms with Gasteiger partial charge in [0.1, 0.15) is 5.75 Å². The summed E-state index contributed by atoms with van der Waals surface area (Å²) in [5.74, 6) is -1.05. The van der Waals surface area contributed by atoms with Gasteiger partial charge in [-0.15, -0.1) is 0 Å². The van der Waals surface area contributed by atoms with Crippen molar-refractivity contribution >= 4 is 11.6 Å². The number of aromatic hydroxyl groups is 1. The smallest absolute Gasteiger partial charge is 0.270 e. The fourth-order valence-corrected chi connectivity index (χ4v) is 2.09. The number of hydrogen-bond donors (Lipinski definition) is 2. The third-order valence-electron chi connectivity index (χ3n) is 3.33. The zero-order chi connectivity index (χ0) is 17.7. The third-order valence-corrected chi connectivity index (χ3v) is 3.33. The van der Waals surface area contributed by atoms with Crippen LogP contribution < -0.4 is 10.1 Å². The molecule has 0 radical (unpaired) electrons. The Morgan fingerprint density at radius 1 is 1.33 bits per heavy atom. The zero-order valence-corrected chi connectivity index (χ0v) is 12.8. The summed E-state index contributed by atoms with van der Waals surface area (Å²) in [5.41, 5.74) is 0.488. The van der Waals surface area contributed by atoms with Crippen molar-refractivity contribution in [3.8, 4) is 11.5 Å². The number of nitro benzene ring substituents is 1. The Balaban J connectivity index is 1.99. The van der Waals surface area contributed by atoms with Gasteiger partial charge in [-0.05, 0) is 23.8 Å². The standard InChI is InChI=1S/C16H15FN2O5/c1-24-15-5-2-10(6-13(15)17)7-16(21)18-9-11-8-12(19(22)23)3-4-14(11)20/h2-6,8,20H,7,9H2,1H3,(H,18,21). The number of hydrogen-bond acceptors (Lipinski definition) is 5. The van der Waals surface area contributed by atoms with E-state index in [-0.39, 0.29) is 35.7 Å². The quantitative estimate of drug-likeness (QED) is 0.623. The zero-order valence-electron chi connectivity index (χ0n) is 12.8. The number of nitrogens with one attached hydrogen (secondary N) is 1. The van der Waals surface area contributed by atoms with E-state index in [9.17, 15) is 24.4 Å². The fourth-order valence-electron chi connectivity index (χ4n) is 2.09. The number of carbonyl (C=O) groups is 1. The van der Waals surface area contributed by atoms with E-state index in [0.29, 0.717) is 5.56 Å². The minimum atomic E-state index is -0.592. The van der Waals surface area contributed by atoms with Gasteiger partial charge in [0, 0.05) is 24.2 Å². The molecule has 126 valence electrons. The molecule has 0 atom stereocenters. The van der Waals surface area contributed by atoms with Crippen molar-refractivity contribution in [2.75, 3.05) is 7.11 Å². The number of ether oxygens (including phenoxy) is 1. The largest absolute Gasteiger partial charge is 0.508 e. The Kier molecular flexibility index (Phi) is 5.31. The summed E-state index contributed by atoms with van der Waals surface area (Å²) < 4.78 is 18.4. The first-order valence-corrected chi connectivity index (χ1v) is 6.96. The molecule has 0 unspecified atom stereocenters. The highest BCUT2D eigenvalue weighted by Gasteiger charge is 2.12. The van der Waals surface area contributed by atoms with Gasteiger partial charge in [-0.3, -0.25) is 14.9 Å². The maximum atomic E-state index is 13.6. The number of benzene rings is 2. The van der Waals surface area contributed by atoms with Crippen LogP contribution in [0.5, 0.6) is 11.5 Å². The van der Waals surface area contributed by atoms with Crippen LogP contribution in [0.25, 0.3) is 0 Å². The SMILES string of the molecule is COc1ccc(CC(=O)NCc2cc([N+](=O)[O-])ccc2O)cc1F. The van der Waals surface area contributed by atoms with Gasteiger partial charge >= 0.3 is 0 Å². The van der Waals surface area contributed by atoms with E-state index in [1.807, 2.05) is 0 Å². The molecule has 2 rings (SSSR count). The highest BCUT2D eigenvalue weighted by atomic mass is 19.1. The molecule has 0 heterocycles. The number of rotatable bonds is 6. The highest BCUT2D eigenvalue weighted by Crippen LogP contribution is 2.23. The summed E-state index contributed by atoms with van der Waals surface area (Å²) in [7, 11) is 1.34. The van der Waals surface area contributed by atoms with Gasteiger partial charge in [0.25, 0.3) is 5.69 Å². The van der Waals surface area contributed by atoms with Crippen LogP contribution in [0, 0.1) is 15.9 Å². The molecule has 0 saturated heterocycles. The molecule has 8 heteroatoms. The lowest BCUT2D eigenvalue weighted by molar-refractivity contribution is -0.384. The molecule has 0 bridgehead atoms. The molecule has 7 nitrogen and oxygen atoms in total. The molecule has 0 aliphatic heterocycles. The number of halogens is 1. The van der Waals surface area contributed by atoms with Crippen molar-refractivity contribution < 1.29 is 24.0 Å². The molecular weight excluding hydrogens is 319 g/mol. The fraction of sp³-hybridized carbons (Fsp3) is 0.188. The van der Waals surface area contributed by atoms with Crippen molar-refractivity contribution in [1.29, 1.82) is 0 Å². The van der Waals surface area contributed by atoms with Gasteiger partial charge in [0.05, 0.1) is 18.5 Å². The van der Waals surface area contributed by atoms with Crippen LogP contribution in [0.3, 0.4) is 0 Å². The maximum Gasteiger partial charge on any atom is 0.270 e. The Morgan fingerprint density at radius 3 is 2.71 bits per heavy atom. The van der Waals surface area contributed by atoms with E-state index in [4.69, 9.17) is 4.74 Å². The molecular formula is C16H15FN2O5. The average Bonchev–Trinajstić information content (AvgIpc) is 2.54. The Hall–Kier alpha value is -3.16. The number of phenolic OH excluding ortho intramolecular Hbond substituents is 1. The summed E-state index contributed by atoms with van der Waals surface area (Å²) in [6, 6.07) is 7.72. The molecule has 2 aromatic carbocycles. The summed E-state index contributed by atoms with van der Waals surface area (Å²) in [6.07, 6.45) is -0.0728. The van der Waals surface area contributed by atoms with Crippen LogP contribution >= 0.6 is 0 Å². The van der Waals surface area contributed by atoms with Crippen molar-refractivity contribution in [1.82, 2.24) is 5.32 Å². The molecule has 0 aliphatic rings. The first-order valence-electron chi connectivity index (χ1n) is 6.96. The minimum absolute atomic E-state index is 0.0728. The Labute approximate surface area is 136 Å². The Bertz CT molecular complexity index is 779. The van der Waals surface area contributed by atoms with Crippen LogP contribution in [-0.4, -0.2) is 23.0 Å². The first-order chi connectivity index (χ1) is 11.4. The highest BCUT2D eigenvalue weighted by molar-refractivity contribution is 5.78. The second-order valence-corrected chi connectivity index (χ2v) is 4.99. The lowest BCUT2D eigenvalue weighted by Crippen LogP contribution is -2.24. The number of carbonyl (C=O) groups excluding carboxylic acids is 1. The van der Waals surface area contributed by atoms with Crippen molar-refractivity contribution in [3.05, 3.63) is 63.5 Å². The third kappa shape index (κ3) is 4.19. The molecule has 0 fully saturated rings. The van der Waals surface area contributed by atoms with Crippen LogP contribution in [0.15, 0.2) is 36.4 Å². The van der Waals surface area contributed by atoms with E-state index >= 15 is 0 Å². The molecule has 0 aromatic heterocycles. The van der Waals surface area contributed by atoms with E-state index in [1.165, 1.54) is 37.4 Å². The van der Waals surface area contributed by atoms with Gasteiger partial charge in [-0.2, -0.15) is 0 Å². The normalized spacial score (nSPS) is 10.2. The average molecular weight is 334 g/mol. The number of phenols is 1. The number of amides is 1. The number of methoxy groups -OCH3 is 1.